The van der Waals surface area contributed by atoms with Crippen LogP contribution in [0.1, 0.15) is 21.5 Å². The van der Waals surface area contributed by atoms with Crippen molar-refractivity contribution >= 4 is 34.8 Å². The SMILES string of the molecule is Cc1ccc(NC(=O)COC(=O)c2ccccc2NC(=O)Cc2ccccc2)cc1[N+](=O)[O-]. The van der Waals surface area contributed by atoms with E-state index in [0.29, 0.717) is 5.56 Å². The molecule has 0 saturated heterocycles. The van der Waals surface area contributed by atoms with Crippen LogP contribution in [0, 0.1) is 17.0 Å². The summed E-state index contributed by atoms with van der Waals surface area (Å²) in [5.74, 6) is -1.76. The van der Waals surface area contributed by atoms with Crippen LogP contribution < -0.4 is 10.6 Å². The molecule has 3 aromatic rings. The molecule has 0 aromatic heterocycles. The average Bonchev–Trinajstić information content (AvgIpc) is 2.79. The lowest BCUT2D eigenvalue weighted by atomic mass is 10.1. The molecular weight excluding hydrogens is 426 g/mol. The standard InChI is InChI=1S/C24H21N3O6/c1-16-11-12-18(14-21(16)27(31)32)25-23(29)15-33-24(30)19-9-5-6-10-20(19)26-22(28)13-17-7-3-2-4-8-17/h2-12,14H,13,15H2,1H3,(H,25,29)(H,26,28). The number of hydrogen-bond donors (Lipinski definition) is 2. The summed E-state index contributed by atoms with van der Waals surface area (Å²) in [5, 5.41) is 16.2. The smallest absolute Gasteiger partial charge is 0.340 e. The Morgan fingerprint density at radius 1 is 0.909 bits per heavy atom. The maximum absolute atomic E-state index is 12.5. The van der Waals surface area contributed by atoms with Crippen molar-refractivity contribution in [3.8, 4) is 0 Å². The van der Waals surface area contributed by atoms with Crippen LogP contribution in [0.15, 0.2) is 72.8 Å². The Kier molecular flexibility index (Phi) is 7.48. The highest BCUT2D eigenvalue weighted by Gasteiger charge is 2.17. The third-order valence-electron chi connectivity index (χ3n) is 4.65. The van der Waals surface area contributed by atoms with Gasteiger partial charge < -0.3 is 15.4 Å². The van der Waals surface area contributed by atoms with Crippen molar-refractivity contribution in [3.05, 3.63) is 99.6 Å². The van der Waals surface area contributed by atoms with E-state index in [4.69, 9.17) is 4.74 Å². The van der Waals surface area contributed by atoms with Crippen LogP contribution in [-0.2, 0) is 20.7 Å². The number of para-hydroxylation sites is 1. The summed E-state index contributed by atoms with van der Waals surface area (Å²) in [6.45, 7) is 0.981. The number of anilines is 2. The molecule has 3 rings (SSSR count). The molecule has 0 spiro atoms. The van der Waals surface area contributed by atoms with Crippen LogP contribution in [0.5, 0.6) is 0 Å². The zero-order valence-electron chi connectivity index (χ0n) is 17.7. The van der Waals surface area contributed by atoms with Gasteiger partial charge in [-0.25, -0.2) is 4.79 Å². The minimum atomic E-state index is -0.796. The van der Waals surface area contributed by atoms with E-state index in [0.717, 1.165) is 5.56 Å². The fourth-order valence-corrected chi connectivity index (χ4v) is 3.04. The van der Waals surface area contributed by atoms with Gasteiger partial charge in [-0.2, -0.15) is 0 Å². The Morgan fingerprint density at radius 3 is 2.33 bits per heavy atom. The van der Waals surface area contributed by atoms with Crippen molar-refractivity contribution in [1.29, 1.82) is 0 Å². The first-order chi connectivity index (χ1) is 15.8. The number of esters is 1. The molecular formula is C24H21N3O6. The van der Waals surface area contributed by atoms with E-state index in [9.17, 15) is 24.5 Å². The second kappa shape index (κ2) is 10.7. The van der Waals surface area contributed by atoms with E-state index in [1.807, 2.05) is 30.3 Å². The molecule has 0 heterocycles. The second-order valence-corrected chi connectivity index (χ2v) is 7.14. The molecule has 168 valence electrons. The van der Waals surface area contributed by atoms with E-state index in [1.54, 1.807) is 25.1 Å². The zero-order valence-corrected chi connectivity index (χ0v) is 17.7. The Bertz CT molecular complexity index is 1190. The minimum Gasteiger partial charge on any atom is -0.452 e. The van der Waals surface area contributed by atoms with Crippen LogP contribution in [-0.4, -0.2) is 29.3 Å². The molecule has 0 atom stereocenters. The molecule has 3 aromatic carbocycles. The number of nitro groups is 1. The average molecular weight is 447 g/mol. The summed E-state index contributed by atoms with van der Waals surface area (Å²) in [5.41, 5.74) is 1.71. The van der Waals surface area contributed by atoms with Crippen LogP contribution in [0.2, 0.25) is 0 Å². The van der Waals surface area contributed by atoms with Crippen molar-refractivity contribution < 1.29 is 24.0 Å². The van der Waals surface area contributed by atoms with Crippen LogP contribution in [0.4, 0.5) is 17.1 Å². The lowest BCUT2D eigenvalue weighted by molar-refractivity contribution is -0.385. The summed E-state index contributed by atoms with van der Waals surface area (Å²) < 4.78 is 5.07. The molecule has 2 amide bonds. The van der Waals surface area contributed by atoms with Gasteiger partial charge in [-0.1, -0.05) is 48.5 Å². The molecule has 0 unspecified atom stereocenters. The number of carbonyl (C=O) groups excluding carboxylic acids is 3. The third-order valence-corrected chi connectivity index (χ3v) is 4.65. The molecule has 0 aliphatic rings. The van der Waals surface area contributed by atoms with Crippen molar-refractivity contribution in [2.45, 2.75) is 13.3 Å². The number of hydrogen-bond acceptors (Lipinski definition) is 6. The van der Waals surface area contributed by atoms with Gasteiger partial charge in [-0.05, 0) is 30.7 Å². The molecule has 33 heavy (non-hydrogen) atoms. The molecule has 0 saturated carbocycles. The minimum absolute atomic E-state index is 0.0951. The molecule has 0 aliphatic heterocycles. The predicted molar refractivity (Wildman–Crippen MR) is 122 cm³/mol. The number of benzene rings is 3. The second-order valence-electron chi connectivity index (χ2n) is 7.14. The maximum atomic E-state index is 12.5. The number of nitro benzene ring substituents is 1. The number of rotatable bonds is 8. The molecule has 9 heteroatoms. The monoisotopic (exact) mass is 447 g/mol. The lowest BCUT2D eigenvalue weighted by Gasteiger charge is -2.11. The summed E-state index contributed by atoms with van der Waals surface area (Å²) in [4.78, 5) is 47.5. The molecule has 2 N–H and O–H groups in total. The first-order valence-corrected chi connectivity index (χ1v) is 9.98. The van der Waals surface area contributed by atoms with Gasteiger partial charge in [0.1, 0.15) is 0 Å². The number of nitrogens with one attached hydrogen (secondary N) is 2. The summed E-state index contributed by atoms with van der Waals surface area (Å²) in [7, 11) is 0. The van der Waals surface area contributed by atoms with Crippen LogP contribution in [0.3, 0.4) is 0 Å². The predicted octanol–water partition coefficient (Wildman–Crippen LogP) is 3.88. The van der Waals surface area contributed by atoms with Crippen molar-refractivity contribution in [2.24, 2.45) is 0 Å². The number of carbonyl (C=O) groups is 3. The lowest BCUT2D eigenvalue weighted by Crippen LogP contribution is -2.22. The maximum Gasteiger partial charge on any atom is 0.340 e. The van der Waals surface area contributed by atoms with Crippen LogP contribution >= 0.6 is 0 Å². The van der Waals surface area contributed by atoms with Crippen molar-refractivity contribution in [1.82, 2.24) is 0 Å². The Morgan fingerprint density at radius 2 is 1.61 bits per heavy atom. The number of nitrogens with zero attached hydrogens (tertiary/aromatic N) is 1. The Balaban J connectivity index is 1.59. The Labute approximate surface area is 189 Å². The van der Waals surface area contributed by atoms with E-state index in [-0.39, 0.29) is 35.0 Å². The highest BCUT2D eigenvalue weighted by Crippen LogP contribution is 2.22. The van der Waals surface area contributed by atoms with Gasteiger partial charge in [0.25, 0.3) is 11.6 Å². The van der Waals surface area contributed by atoms with E-state index >= 15 is 0 Å². The number of amides is 2. The first kappa shape index (κ1) is 23.1. The molecule has 0 fully saturated rings. The van der Waals surface area contributed by atoms with Crippen molar-refractivity contribution in [2.75, 3.05) is 17.2 Å². The van der Waals surface area contributed by atoms with Gasteiger partial charge in [-0.15, -0.1) is 0 Å². The number of ether oxygens (including phenoxy) is 1. The highest BCUT2D eigenvalue weighted by molar-refractivity contribution is 6.02. The van der Waals surface area contributed by atoms with Crippen LogP contribution in [0.25, 0.3) is 0 Å². The molecule has 0 aliphatic carbocycles. The zero-order chi connectivity index (χ0) is 23.8. The fourth-order valence-electron chi connectivity index (χ4n) is 3.04. The van der Waals surface area contributed by atoms with Gasteiger partial charge in [0.2, 0.25) is 5.91 Å². The summed E-state index contributed by atoms with van der Waals surface area (Å²) >= 11 is 0. The van der Waals surface area contributed by atoms with Gasteiger partial charge in [0, 0.05) is 17.3 Å². The summed E-state index contributed by atoms with van der Waals surface area (Å²) in [6.07, 6.45) is 0.134. The van der Waals surface area contributed by atoms with E-state index in [1.165, 1.54) is 24.3 Å². The van der Waals surface area contributed by atoms with Gasteiger partial charge in [-0.3, -0.25) is 19.7 Å². The summed E-state index contributed by atoms with van der Waals surface area (Å²) in [6, 6.07) is 19.7. The quantitative estimate of drug-likeness (QED) is 0.306. The van der Waals surface area contributed by atoms with Crippen molar-refractivity contribution in [3.63, 3.8) is 0 Å². The first-order valence-electron chi connectivity index (χ1n) is 9.98. The van der Waals surface area contributed by atoms with E-state index < -0.39 is 23.4 Å². The Hall–Kier alpha value is -4.53. The molecule has 0 radical (unpaired) electrons. The normalized spacial score (nSPS) is 10.2. The van der Waals surface area contributed by atoms with Gasteiger partial charge in [0.05, 0.1) is 22.6 Å². The number of aryl methyl sites for hydroxylation is 1. The van der Waals surface area contributed by atoms with Gasteiger partial charge in [0.15, 0.2) is 6.61 Å². The highest BCUT2D eigenvalue weighted by atomic mass is 16.6. The molecule has 9 nitrogen and oxygen atoms in total. The largest absolute Gasteiger partial charge is 0.452 e. The third kappa shape index (κ3) is 6.47. The fraction of sp³-hybridized carbons (Fsp3) is 0.125. The van der Waals surface area contributed by atoms with E-state index in [2.05, 4.69) is 10.6 Å². The molecule has 0 bridgehead atoms. The topological polar surface area (TPSA) is 128 Å². The van der Waals surface area contributed by atoms with Gasteiger partial charge >= 0.3 is 5.97 Å².